The van der Waals surface area contributed by atoms with Gasteiger partial charge in [0.2, 0.25) is 10.0 Å². The van der Waals surface area contributed by atoms with Gasteiger partial charge in [0.25, 0.3) is 11.6 Å². The van der Waals surface area contributed by atoms with Gasteiger partial charge in [-0.05, 0) is 37.1 Å². The lowest BCUT2D eigenvalue weighted by Gasteiger charge is -2.26. The quantitative estimate of drug-likeness (QED) is 0.526. The minimum Gasteiger partial charge on any atom is -0.495 e. The van der Waals surface area contributed by atoms with Gasteiger partial charge in [0.1, 0.15) is 5.75 Å². The van der Waals surface area contributed by atoms with Crippen molar-refractivity contribution in [2.24, 2.45) is 0 Å². The molecular weight excluding hydrogens is 434 g/mol. The summed E-state index contributed by atoms with van der Waals surface area (Å²) in [6.07, 6.45) is 2.58. The van der Waals surface area contributed by atoms with Gasteiger partial charge < -0.3 is 10.1 Å². The summed E-state index contributed by atoms with van der Waals surface area (Å²) in [7, 11) is -2.35. The third-order valence-electron chi connectivity index (χ3n) is 4.78. The molecular formula is C19H20ClN3O6S. The number of hydrogen-bond acceptors (Lipinski definition) is 6. The lowest BCUT2D eigenvalue weighted by Crippen LogP contribution is -2.35. The Hall–Kier alpha value is -2.69. The fourth-order valence-corrected chi connectivity index (χ4v) is 4.94. The number of benzene rings is 2. The Morgan fingerprint density at radius 3 is 2.50 bits per heavy atom. The zero-order chi connectivity index (χ0) is 21.9. The fourth-order valence-electron chi connectivity index (χ4n) is 3.19. The predicted molar refractivity (Wildman–Crippen MR) is 112 cm³/mol. The van der Waals surface area contributed by atoms with Crippen LogP contribution in [0.1, 0.15) is 29.6 Å². The average molecular weight is 454 g/mol. The van der Waals surface area contributed by atoms with Crippen molar-refractivity contribution >= 4 is 38.9 Å². The Balaban J connectivity index is 1.94. The lowest BCUT2D eigenvalue weighted by atomic mass is 10.1. The summed E-state index contributed by atoms with van der Waals surface area (Å²) >= 11 is 6.02. The van der Waals surface area contributed by atoms with Gasteiger partial charge in [-0.25, -0.2) is 8.42 Å². The van der Waals surface area contributed by atoms with Crippen molar-refractivity contribution in [1.29, 1.82) is 0 Å². The molecule has 0 spiro atoms. The van der Waals surface area contributed by atoms with E-state index in [1.807, 2.05) is 0 Å². The van der Waals surface area contributed by atoms with Crippen LogP contribution in [-0.2, 0) is 10.0 Å². The van der Waals surface area contributed by atoms with Crippen molar-refractivity contribution in [3.63, 3.8) is 0 Å². The SMILES string of the molecule is COc1ccc(S(=O)(=O)N2CCCCC2)cc1NC(=O)c1cc([N+](=O)[O-])ccc1Cl. The summed E-state index contributed by atoms with van der Waals surface area (Å²) in [4.78, 5) is 23.1. The smallest absolute Gasteiger partial charge is 0.270 e. The molecule has 11 heteroatoms. The molecule has 0 radical (unpaired) electrons. The van der Waals surface area contributed by atoms with Crippen LogP contribution in [0.2, 0.25) is 5.02 Å². The Morgan fingerprint density at radius 1 is 1.17 bits per heavy atom. The van der Waals surface area contributed by atoms with Crippen molar-refractivity contribution in [3.8, 4) is 5.75 Å². The number of nitrogens with zero attached hydrogens (tertiary/aromatic N) is 2. The molecule has 2 aromatic carbocycles. The Bertz CT molecular complexity index is 1080. The van der Waals surface area contributed by atoms with Crippen LogP contribution < -0.4 is 10.1 Å². The number of halogens is 1. The highest BCUT2D eigenvalue weighted by molar-refractivity contribution is 7.89. The summed E-state index contributed by atoms with van der Waals surface area (Å²) < 4.78 is 32.5. The molecule has 1 fully saturated rings. The predicted octanol–water partition coefficient (Wildman–Crippen LogP) is 3.68. The maximum absolute atomic E-state index is 12.9. The van der Waals surface area contributed by atoms with Gasteiger partial charge in [-0.1, -0.05) is 18.0 Å². The maximum atomic E-state index is 12.9. The summed E-state index contributed by atoms with van der Waals surface area (Å²) in [6.45, 7) is 0.888. The van der Waals surface area contributed by atoms with E-state index in [0.717, 1.165) is 25.3 Å². The van der Waals surface area contributed by atoms with Crippen LogP contribution in [0.25, 0.3) is 0 Å². The number of nitro groups is 1. The number of rotatable bonds is 6. The van der Waals surface area contributed by atoms with Crippen molar-refractivity contribution in [2.45, 2.75) is 24.2 Å². The van der Waals surface area contributed by atoms with Gasteiger partial charge in [-0.2, -0.15) is 4.31 Å². The van der Waals surface area contributed by atoms with Crippen LogP contribution in [0.4, 0.5) is 11.4 Å². The molecule has 1 amide bonds. The number of anilines is 1. The molecule has 1 heterocycles. The van der Waals surface area contributed by atoms with Gasteiger partial charge in [-0.15, -0.1) is 0 Å². The summed E-state index contributed by atoms with van der Waals surface area (Å²) in [5, 5.41) is 13.6. The molecule has 2 aromatic rings. The molecule has 1 aliphatic heterocycles. The van der Waals surface area contributed by atoms with E-state index in [1.54, 1.807) is 0 Å². The average Bonchev–Trinajstić information content (AvgIpc) is 2.74. The van der Waals surface area contributed by atoms with E-state index in [0.29, 0.717) is 13.1 Å². The standard InChI is InChI=1S/C19H20ClN3O6S/c1-29-18-8-6-14(30(27,28)22-9-3-2-4-10-22)12-17(18)21-19(24)15-11-13(23(25)26)5-7-16(15)20/h5-8,11-12H,2-4,9-10H2,1H3,(H,21,24). The minimum atomic E-state index is -3.72. The number of carbonyl (C=O) groups excluding carboxylic acids is 1. The highest BCUT2D eigenvalue weighted by Gasteiger charge is 2.27. The third-order valence-corrected chi connectivity index (χ3v) is 7.00. The van der Waals surface area contributed by atoms with Crippen LogP contribution in [0.3, 0.4) is 0 Å². The summed E-state index contributed by atoms with van der Waals surface area (Å²) in [5.74, 6) is -0.489. The first-order chi connectivity index (χ1) is 14.2. The molecule has 0 aliphatic carbocycles. The van der Waals surface area contributed by atoms with Gasteiger partial charge in [0.15, 0.2) is 0 Å². The first-order valence-corrected chi connectivity index (χ1v) is 11.0. The fraction of sp³-hybridized carbons (Fsp3) is 0.316. The molecule has 1 N–H and O–H groups in total. The molecule has 0 bridgehead atoms. The number of sulfonamides is 1. The Labute approximate surface area is 178 Å². The Kier molecular flexibility index (Phi) is 6.59. The zero-order valence-corrected chi connectivity index (χ0v) is 17.7. The van der Waals surface area contributed by atoms with Crippen LogP contribution in [0, 0.1) is 10.1 Å². The lowest BCUT2D eigenvalue weighted by molar-refractivity contribution is -0.384. The number of carbonyl (C=O) groups is 1. The normalized spacial score (nSPS) is 14.9. The molecule has 30 heavy (non-hydrogen) atoms. The number of nitrogens with one attached hydrogen (secondary N) is 1. The van der Waals surface area contributed by atoms with E-state index in [9.17, 15) is 23.3 Å². The molecule has 0 atom stereocenters. The molecule has 9 nitrogen and oxygen atoms in total. The molecule has 3 rings (SSSR count). The molecule has 0 unspecified atom stereocenters. The number of nitro benzene ring substituents is 1. The number of ether oxygens (including phenoxy) is 1. The number of amides is 1. The number of hydrogen-bond donors (Lipinski definition) is 1. The van der Waals surface area contributed by atoms with E-state index < -0.39 is 20.9 Å². The summed E-state index contributed by atoms with van der Waals surface area (Å²) in [6, 6.07) is 7.67. The van der Waals surface area contributed by atoms with E-state index in [1.165, 1.54) is 41.7 Å². The topological polar surface area (TPSA) is 119 Å². The van der Waals surface area contributed by atoms with Crippen molar-refractivity contribution in [1.82, 2.24) is 4.31 Å². The molecule has 1 aliphatic rings. The molecule has 1 saturated heterocycles. The van der Waals surface area contributed by atoms with E-state index in [-0.39, 0.29) is 32.6 Å². The van der Waals surface area contributed by atoms with E-state index in [2.05, 4.69) is 5.32 Å². The number of methoxy groups -OCH3 is 1. The van der Waals surface area contributed by atoms with E-state index in [4.69, 9.17) is 16.3 Å². The highest BCUT2D eigenvalue weighted by atomic mass is 35.5. The highest BCUT2D eigenvalue weighted by Crippen LogP contribution is 2.31. The molecule has 0 saturated carbocycles. The first-order valence-electron chi connectivity index (χ1n) is 9.17. The second kappa shape index (κ2) is 8.99. The van der Waals surface area contributed by atoms with Gasteiger partial charge in [-0.3, -0.25) is 14.9 Å². The van der Waals surface area contributed by atoms with Crippen LogP contribution in [0.5, 0.6) is 5.75 Å². The van der Waals surface area contributed by atoms with E-state index >= 15 is 0 Å². The van der Waals surface area contributed by atoms with Gasteiger partial charge in [0.05, 0.1) is 33.2 Å². The van der Waals surface area contributed by atoms with Crippen molar-refractivity contribution in [2.75, 3.05) is 25.5 Å². The third kappa shape index (κ3) is 4.55. The van der Waals surface area contributed by atoms with Crippen LogP contribution in [-0.4, -0.2) is 43.8 Å². The monoisotopic (exact) mass is 453 g/mol. The number of non-ortho nitro benzene ring substituents is 1. The minimum absolute atomic E-state index is 0.0191. The largest absolute Gasteiger partial charge is 0.495 e. The Morgan fingerprint density at radius 2 is 1.87 bits per heavy atom. The summed E-state index contributed by atoms with van der Waals surface area (Å²) in [5.41, 5.74) is -0.293. The second-order valence-electron chi connectivity index (χ2n) is 6.70. The molecule has 0 aromatic heterocycles. The van der Waals surface area contributed by atoms with Crippen molar-refractivity contribution < 1.29 is 22.9 Å². The van der Waals surface area contributed by atoms with Gasteiger partial charge in [0, 0.05) is 25.2 Å². The maximum Gasteiger partial charge on any atom is 0.270 e. The zero-order valence-electron chi connectivity index (χ0n) is 16.1. The van der Waals surface area contributed by atoms with Crippen LogP contribution >= 0.6 is 11.6 Å². The first kappa shape index (κ1) is 22.0. The van der Waals surface area contributed by atoms with Gasteiger partial charge >= 0.3 is 0 Å². The molecule has 160 valence electrons. The second-order valence-corrected chi connectivity index (χ2v) is 9.05. The van der Waals surface area contributed by atoms with Crippen molar-refractivity contribution in [3.05, 3.63) is 57.1 Å². The number of piperidine rings is 1. The van der Waals surface area contributed by atoms with Crippen LogP contribution in [0.15, 0.2) is 41.3 Å².